The predicted octanol–water partition coefficient (Wildman–Crippen LogP) is 5.61. The summed E-state index contributed by atoms with van der Waals surface area (Å²) in [5.41, 5.74) is 5.70. The van der Waals surface area contributed by atoms with E-state index in [1.54, 1.807) is 12.1 Å². The highest BCUT2D eigenvalue weighted by molar-refractivity contribution is 7.91. The normalized spacial score (nSPS) is 13.5. The Kier molecular flexibility index (Phi) is 8.94. The first kappa shape index (κ1) is 25.5. The second kappa shape index (κ2) is 11.2. The molecule has 0 spiro atoms. The van der Waals surface area contributed by atoms with Crippen LogP contribution in [0.1, 0.15) is 74.8 Å². The molecule has 0 saturated carbocycles. The lowest BCUT2D eigenvalue weighted by atomic mass is 9.88. The lowest BCUT2D eigenvalue weighted by Crippen LogP contribution is -2.17. The molecule has 0 heterocycles. The van der Waals surface area contributed by atoms with E-state index in [1.165, 1.54) is 5.57 Å². The number of benzene rings is 2. The van der Waals surface area contributed by atoms with E-state index in [0.717, 1.165) is 35.1 Å². The molecule has 0 saturated heterocycles. The smallest absolute Gasteiger partial charge is 0.259 e. The standard InChI is InChI=1S/C26H33N3O2S/c1-6-19(7-2)13-20-9-11-23(12-10-20)32(28,31)29-26(30)16-25-22(8-3)14-21(17-27)15-24(25)18(4)5/h6,9-12,14-15,18H,7-8,13,16H2,1-5H3,(H2,28,29,30,31)/b19-6-. The first-order valence-electron chi connectivity index (χ1n) is 11.0. The number of carbonyl (C=O) groups is 1. The molecule has 0 aliphatic heterocycles. The maximum absolute atomic E-state index is 13.0. The molecule has 1 unspecified atom stereocenters. The fourth-order valence-corrected chi connectivity index (χ4v) is 4.75. The van der Waals surface area contributed by atoms with Crippen LogP contribution >= 0.6 is 0 Å². The number of hydrogen-bond donors (Lipinski definition) is 1. The number of allylic oxidation sites excluding steroid dienone is 2. The molecule has 6 heteroatoms. The second-order valence-corrected chi connectivity index (χ2v) is 9.97. The van der Waals surface area contributed by atoms with E-state index in [1.807, 2.05) is 52.0 Å². The number of nitrogens with zero attached hydrogens (tertiary/aromatic N) is 2. The SMILES string of the molecule is C/C=C(/CC)Cc1ccc(S(N)(=O)=NC(=O)Cc2c(CC)cc(C#N)cc2C(C)C)cc1. The average Bonchev–Trinajstić information content (AvgIpc) is 2.77. The molecule has 2 N–H and O–H groups in total. The largest absolute Gasteiger partial charge is 0.272 e. The van der Waals surface area contributed by atoms with Crippen molar-refractivity contribution < 1.29 is 9.00 Å². The van der Waals surface area contributed by atoms with Crippen LogP contribution < -0.4 is 5.14 Å². The van der Waals surface area contributed by atoms with E-state index >= 15 is 0 Å². The number of hydrogen-bond acceptors (Lipinski definition) is 3. The van der Waals surface area contributed by atoms with Crippen LogP contribution in [0.2, 0.25) is 0 Å². The van der Waals surface area contributed by atoms with Crippen molar-refractivity contribution in [1.82, 2.24) is 0 Å². The van der Waals surface area contributed by atoms with Crippen molar-refractivity contribution in [2.75, 3.05) is 0 Å². The Labute approximate surface area is 192 Å². The van der Waals surface area contributed by atoms with Crippen LogP contribution in [0.3, 0.4) is 0 Å². The van der Waals surface area contributed by atoms with Gasteiger partial charge in [0.05, 0.1) is 22.9 Å². The molecule has 0 fully saturated rings. The first-order chi connectivity index (χ1) is 15.1. The van der Waals surface area contributed by atoms with E-state index < -0.39 is 15.8 Å². The molecular weight excluding hydrogens is 418 g/mol. The van der Waals surface area contributed by atoms with Gasteiger partial charge < -0.3 is 0 Å². The van der Waals surface area contributed by atoms with Crippen molar-refractivity contribution in [3.8, 4) is 6.07 Å². The molecule has 0 bridgehead atoms. The average molecular weight is 452 g/mol. The lowest BCUT2D eigenvalue weighted by Gasteiger charge is -2.16. The molecule has 2 aromatic rings. The van der Waals surface area contributed by atoms with Crippen LogP contribution in [0.15, 0.2) is 57.3 Å². The third-order valence-electron chi connectivity index (χ3n) is 5.63. The third-order valence-corrected chi connectivity index (χ3v) is 7.05. The van der Waals surface area contributed by atoms with E-state index in [9.17, 15) is 14.3 Å². The van der Waals surface area contributed by atoms with E-state index in [2.05, 4.69) is 23.4 Å². The number of nitriles is 1. The highest BCUT2D eigenvalue weighted by atomic mass is 32.2. The number of rotatable bonds is 8. The topological polar surface area (TPSA) is 96.3 Å². The van der Waals surface area contributed by atoms with Gasteiger partial charge in [0.2, 0.25) is 0 Å². The minimum Gasteiger partial charge on any atom is -0.272 e. The van der Waals surface area contributed by atoms with E-state index in [-0.39, 0.29) is 12.3 Å². The summed E-state index contributed by atoms with van der Waals surface area (Å²) < 4.78 is 16.9. The Bertz CT molecular complexity index is 1160. The van der Waals surface area contributed by atoms with Crippen molar-refractivity contribution in [3.05, 3.63) is 75.9 Å². The summed E-state index contributed by atoms with van der Waals surface area (Å²) in [7, 11) is -3.34. The summed E-state index contributed by atoms with van der Waals surface area (Å²) in [4.78, 5) is 13.1. The summed E-state index contributed by atoms with van der Waals surface area (Å²) >= 11 is 0. The Balaban J connectivity index is 2.34. The maximum atomic E-state index is 13.0. The third kappa shape index (κ3) is 6.38. The molecule has 170 valence electrons. The van der Waals surface area contributed by atoms with Gasteiger partial charge in [-0.1, -0.05) is 51.5 Å². The zero-order valence-electron chi connectivity index (χ0n) is 19.6. The zero-order valence-corrected chi connectivity index (χ0v) is 20.5. The van der Waals surface area contributed by atoms with Crippen molar-refractivity contribution in [3.63, 3.8) is 0 Å². The summed E-state index contributed by atoms with van der Waals surface area (Å²) in [6.45, 7) is 10.2. The Hall–Kier alpha value is -2.75. The molecule has 2 aromatic carbocycles. The quantitative estimate of drug-likeness (QED) is 0.528. The van der Waals surface area contributed by atoms with Crippen LogP contribution in [-0.4, -0.2) is 10.1 Å². The molecule has 0 aliphatic rings. The van der Waals surface area contributed by atoms with Gasteiger partial charge in [-0.3, -0.25) is 4.79 Å². The summed E-state index contributed by atoms with van der Waals surface area (Å²) in [6.07, 6.45) is 4.60. The molecule has 2 rings (SSSR count). The molecule has 0 radical (unpaired) electrons. The molecule has 1 atom stereocenters. The van der Waals surface area contributed by atoms with Crippen LogP contribution in [0, 0.1) is 11.3 Å². The fourth-order valence-electron chi connectivity index (χ4n) is 3.75. The number of amides is 1. The first-order valence-corrected chi connectivity index (χ1v) is 12.6. The lowest BCUT2D eigenvalue weighted by molar-refractivity contribution is -0.117. The van der Waals surface area contributed by atoms with E-state index in [0.29, 0.717) is 16.9 Å². The van der Waals surface area contributed by atoms with Crippen LogP contribution in [0.4, 0.5) is 0 Å². The van der Waals surface area contributed by atoms with Gasteiger partial charge >= 0.3 is 0 Å². The van der Waals surface area contributed by atoms with E-state index in [4.69, 9.17) is 5.14 Å². The van der Waals surface area contributed by atoms with Crippen molar-refractivity contribution in [1.29, 1.82) is 5.26 Å². The summed E-state index contributed by atoms with van der Waals surface area (Å²) in [6, 6.07) is 13.0. The highest BCUT2D eigenvalue weighted by Crippen LogP contribution is 2.26. The molecule has 0 aliphatic carbocycles. The Morgan fingerprint density at radius 3 is 2.34 bits per heavy atom. The molecule has 1 amide bonds. The fraction of sp³-hybridized carbons (Fsp3) is 0.385. The molecule has 0 aromatic heterocycles. The van der Waals surface area contributed by atoms with Gasteiger partial charge in [0.15, 0.2) is 0 Å². The van der Waals surface area contributed by atoms with Crippen LogP contribution in [-0.2, 0) is 34.0 Å². The monoisotopic (exact) mass is 451 g/mol. The van der Waals surface area contributed by atoms with Gasteiger partial charge in [0.1, 0.15) is 9.92 Å². The van der Waals surface area contributed by atoms with Crippen molar-refractivity contribution in [2.45, 2.75) is 71.1 Å². The Morgan fingerprint density at radius 2 is 1.84 bits per heavy atom. The molecule has 5 nitrogen and oxygen atoms in total. The maximum Gasteiger partial charge on any atom is 0.259 e. The van der Waals surface area contributed by atoms with Crippen LogP contribution in [0.25, 0.3) is 0 Å². The second-order valence-electron chi connectivity index (χ2n) is 8.17. The zero-order chi connectivity index (χ0) is 23.9. The van der Waals surface area contributed by atoms with Gasteiger partial charge in [-0.15, -0.1) is 4.36 Å². The molecule has 32 heavy (non-hydrogen) atoms. The number of carbonyl (C=O) groups excluding carboxylic acids is 1. The van der Waals surface area contributed by atoms with Crippen LogP contribution in [0.5, 0.6) is 0 Å². The van der Waals surface area contributed by atoms with Crippen molar-refractivity contribution >= 4 is 15.8 Å². The predicted molar refractivity (Wildman–Crippen MR) is 131 cm³/mol. The minimum absolute atomic E-state index is 0.00975. The number of nitrogens with two attached hydrogens (primary N) is 1. The van der Waals surface area contributed by atoms with Gasteiger partial charge in [-0.25, -0.2) is 9.35 Å². The van der Waals surface area contributed by atoms with Gasteiger partial charge in [-0.2, -0.15) is 5.26 Å². The van der Waals surface area contributed by atoms with Gasteiger partial charge in [-0.05, 0) is 78.6 Å². The summed E-state index contributed by atoms with van der Waals surface area (Å²) in [5, 5.41) is 15.3. The highest BCUT2D eigenvalue weighted by Gasteiger charge is 2.18. The van der Waals surface area contributed by atoms with Gasteiger partial charge in [0, 0.05) is 0 Å². The Morgan fingerprint density at radius 1 is 1.19 bits per heavy atom. The summed E-state index contributed by atoms with van der Waals surface area (Å²) in [5.74, 6) is -0.388. The van der Waals surface area contributed by atoms with Crippen molar-refractivity contribution in [2.24, 2.45) is 9.50 Å². The minimum atomic E-state index is -3.34. The number of aryl methyl sites for hydroxylation is 1. The molecular formula is C26H33N3O2S. The van der Waals surface area contributed by atoms with Gasteiger partial charge in [0.25, 0.3) is 5.91 Å².